The van der Waals surface area contributed by atoms with Crippen LogP contribution in [0.2, 0.25) is 0 Å². The zero-order valence-corrected chi connectivity index (χ0v) is 11.0. The van der Waals surface area contributed by atoms with Crippen LogP contribution in [0.25, 0.3) is 0 Å². The molecule has 1 unspecified atom stereocenters. The molecule has 0 aliphatic carbocycles. The van der Waals surface area contributed by atoms with E-state index in [1.165, 1.54) is 0 Å². The lowest BCUT2D eigenvalue weighted by Crippen LogP contribution is -2.17. The quantitative estimate of drug-likeness (QED) is 0.628. The number of aromatic carboxylic acids is 1. The maximum absolute atomic E-state index is 10.8. The van der Waals surface area contributed by atoms with Crippen molar-refractivity contribution in [2.75, 3.05) is 0 Å². The highest BCUT2D eigenvalue weighted by Crippen LogP contribution is 2.26. The molecule has 0 aliphatic heterocycles. The second-order valence-corrected chi connectivity index (χ2v) is 4.64. The number of hydrogen-bond acceptors (Lipinski definition) is 5. The lowest BCUT2D eigenvalue weighted by Gasteiger charge is -2.15. The zero-order valence-electron chi connectivity index (χ0n) is 11.0. The molecule has 7 nitrogen and oxygen atoms in total. The number of hydrogen-bond donors (Lipinski definition) is 1. The molecule has 1 aromatic heterocycles. The van der Waals surface area contributed by atoms with Crippen molar-refractivity contribution in [2.24, 2.45) is 5.92 Å². The molecule has 0 saturated heterocycles. The molecule has 104 valence electrons. The Hall–Kier alpha value is -2.18. The van der Waals surface area contributed by atoms with E-state index in [9.17, 15) is 14.9 Å². The predicted octanol–water partition coefficient (Wildman–Crippen LogP) is 2.50. The first kappa shape index (κ1) is 14.9. The smallest absolute Gasteiger partial charge is 0.354 e. The van der Waals surface area contributed by atoms with Gasteiger partial charge < -0.3 is 9.84 Å². The predicted molar refractivity (Wildman–Crippen MR) is 67.4 cm³/mol. The molecule has 0 radical (unpaired) electrons. The third-order valence-corrected chi connectivity index (χ3v) is 2.37. The number of nitrogens with zero attached hydrogens (tertiary/aromatic N) is 2. The molecule has 0 spiro atoms. The van der Waals surface area contributed by atoms with E-state index < -0.39 is 10.9 Å². The van der Waals surface area contributed by atoms with E-state index >= 15 is 0 Å². The van der Waals surface area contributed by atoms with Gasteiger partial charge in [0.1, 0.15) is 0 Å². The van der Waals surface area contributed by atoms with Gasteiger partial charge in [0.25, 0.3) is 5.88 Å². The normalized spacial score (nSPS) is 12.2. The summed E-state index contributed by atoms with van der Waals surface area (Å²) in [4.78, 5) is 24.7. The fraction of sp³-hybridized carbons (Fsp3) is 0.500. The topological polar surface area (TPSA) is 103 Å². The highest BCUT2D eigenvalue weighted by atomic mass is 16.6. The van der Waals surface area contributed by atoms with Gasteiger partial charge in [0, 0.05) is 6.07 Å². The third kappa shape index (κ3) is 4.20. The van der Waals surface area contributed by atoms with Crippen molar-refractivity contribution in [2.45, 2.75) is 33.3 Å². The average Bonchev–Trinajstić information content (AvgIpc) is 2.26. The minimum absolute atomic E-state index is 0.252. The van der Waals surface area contributed by atoms with Crippen molar-refractivity contribution < 1.29 is 19.6 Å². The second-order valence-electron chi connectivity index (χ2n) is 4.64. The molecular weight excluding hydrogens is 252 g/mol. The van der Waals surface area contributed by atoms with Gasteiger partial charge in [-0.15, -0.1) is 0 Å². The SMILES string of the molecule is CC(C)CC(C)Oc1nc(C(=O)O)ccc1[N+](=O)[O-]. The lowest BCUT2D eigenvalue weighted by molar-refractivity contribution is -0.386. The van der Waals surface area contributed by atoms with Gasteiger partial charge in [0.15, 0.2) is 5.69 Å². The molecule has 1 N–H and O–H groups in total. The van der Waals surface area contributed by atoms with Crippen LogP contribution < -0.4 is 4.74 Å². The highest BCUT2D eigenvalue weighted by molar-refractivity contribution is 5.85. The minimum Gasteiger partial charge on any atom is -0.477 e. The van der Waals surface area contributed by atoms with Crippen molar-refractivity contribution in [3.05, 3.63) is 27.9 Å². The molecule has 7 heteroatoms. The minimum atomic E-state index is -1.25. The van der Waals surface area contributed by atoms with E-state index in [4.69, 9.17) is 9.84 Å². The van der Waals surface area contributed by atoms with Crippen LogP contribution in [-0.2, 0) is 0 Å². The van der Waals surface area contributed by atoms with Crippen LogP contribution in [0.1, 0.15) is 37.7 Å². The molecule has 1 aromatic rings. The maximum Gasteiger partial charge on any atom is 0.354 e. The van der Waals surface area contributed by atoms with E-state index in [-0.39, 0.29) is 23.4 Å². The Kier molecular flexibility index (Phi) is 4.80. The Morgan fingerprint density at radius 2 is 2.11 bits per heavy atom. The van der Waals surface area contributed by atoms with Gasteiger partial charge in [-0.1, -0.05) is 13.8 Å². The molecule has 0 amide bonds. The number of pyridine rings is 1. The van der Waals surface area contributed by atoms with Crippen molar-refractivity contribution in [1.29, 1.82) is 0 Å². The van der Waals surface area contributed by atoms with E-state index in [1.54, 1.807) is 6.92 Å². The Morgan fingerprint density at radius 1 is 1.47 bits per heavy atom. The summed E-state index contributed by atoms with van der Waals surface area (Å²) >= 11 is 0. The molecule has 0 bridgehead atoms. The van der Waals surface area contributed by atoms with Crippen molar-refractivity contribution in [3.63, 3.8) is 0 Å². The standard InChI is InChI=1S/C12H16N2O5/c1-7(2)6-8(3)19-11-10(14(17)18)5-4-9(13-11)12(15)16/h4-5,7-8H,6H2,1-3H3,(H,15,16). The molecule has 0 fully saturated rings. The summed E-state index contributed by atoms with van der Waals surface area (Å²) in [7, 11) is 0. The lowest BCUT2D eigenvalue weighted by atomic mass is 10.1. The molecule has 0 saturated carbocycles. The summed E-state index contributed by atoms with van der Waals surface area (Å²) < 4.78 is 5.39. The summed E-state index contributed by atoms with van der Waals surface area (Å²) in [6, 6.07) is 2.17. The number of carbonyl (C=O) groups is 1. The highest BCUT2D eigenvalue weighted by Gasteiger charge is 2.22. The van der Waals surface area contributed by atoms with E-state index in [0.717, 1.165) is 12.1 Å². The van der Waals surface area contributed by atoms with Gasteiger partial charge in [-0.2, -0.15) is 0 Å². The number of rotatable bonds is 6. The van der Waals surface area contributed by atoms with Crippen LogP contribution in [0.15, 0.2) is 12.1 Å². The van der Waals surface area contributed by atoms with Gasteiger partial charge in [-0.05, 0) is 25.3 Å². The van der Waals surface area contributed by atoms with Crippen molar-refractivity contribution in [1.82, 2.24) is 4.98 Å². The monoisotopic (exact) mass is 268 g/mol. The summed E-state index contributed by atoms with van der Waals surface area (Å²) in [6.45, 7) is 5.75. The first-order chi connectivity index (χ1) is 8.81. The number of aromatic nitrogens is 1. The Bertz CT molecular complexity index is 487. The number of nitro groups is 1. The van der Waals surface area contributed by atoms with Crippen molar-refractivity contribution >= 4 is 11.7 Å². The molecule has 0 aliphatic rings. The van der Waals surface area contributed by atoms with Gasteiger partial charge >= 0.3 is 11.7 Å². The van der Waals surface area contributed by atoms with E-state index in [1.807, 2.05) is 13.8 Å². The molecule has 1 rings (SSSR count). The summed E-state index contributed by atoms with van der Waals surface area (Å²) in [6.07, 6.45) is 0.408. The first-order valence-corrected chi connectivity index (χ1v) is 5.86. The van der Waals surface area contributed by atoms with E-state index in [2.05, 4.69) is 4.98 Å². The third-order valence-electron chi connectivity index (χ3n) is 2.37. The fourth-order valence-corrected chi connectivity index (χ4v) is 1.68. The largest absolute Gasteiger partial charge is 0.477 e. The Labute approximate surface area is 110 Å². The van der Waals surface area contributed by atoms with Crippen LogP contribution in [-0.4, -0.2) is 27.1 Å². The van der Waals surface area contributed by atoms with Crippen LogP contribution in [0, 0.1) is 16.0 Å². The van der Waals surface area contributed by atoms with Crippen LogP contribution in [0.3, 0.4) is 0 Å². The van der Waals surface area contributed by atoms with Gasteiger partial charge in [-0.3, -0.25) is 10.1 Å². The molecule has 1 atom stereocenters. The van der Waals surface area contributed by atoms with Crippen LogP contribution in [0.4, 0.5) is 5.69 Å². The maximum atomic E-state index is 10.8. The molecular formula is C12H16N2O5. The van der Waals surface area contributed by atoms with Gasteiger partial charge in [-0.25, -0.2) is 9.78 Å². The Morgan fingerprint density at radius 3 is 2.58 bits per heavy atom. The van der Waals surface area contributed by atoms with Gasteiger partial charge in [0.05, 0.1) is 11.0 Å². The fourth-order valence-electron chi connectivity index (χ4n) is 1.68. The number of ether oxygens (including phenoxy) is 1. The van der Waals surface area contributed by atoms with Crippen LogP contribution in [0.5, 0.6) is 5.88 Å². The second kappa shape index (κ2) is 6.12. The summed E-state index contributed by atoms with van der Waals surface area (Å²) in [5, 5.41) is 19.7. The van der Waals surface area contributed by atoms with Gasteiger partial charge in [0.2, 0.25) is 0 Å². The number of carboxylic acids is 1. The molecule has 19 heavy (non-hydrogen) atoms. The first-order valence-electron chi connectivity index (χ1n) is 5.86. The Balaban J connectivity index is 3.04. The van der Waals surface area contributed by atoms with E-state index in [0.29, 0.717) is 12.3 Å². The zero-order chi connectivity index (χ0) is 14.6. The average molecular weight is 268 g/mol. The summed E-state index contributed by atoms with van der Waals surface area (Å²) in [5.74, 6) is -1.15. The number of carboxylic acid groups (broad SMARTS) is 1. The summed E-state index contributed by atoms with van der Waals surface area (Å²) in [5.41, 5.74) is -0.613. The molecule has 0 aromatic carbocycles. The van der Waals surface area contributed by atoms with Crippen LogP contribution >= 0.6 is 0 Å². The van der Waals surface area contributed by atoms with Crippen molar-refractivity contribution in [3.8, 4) is 5.88 Å². The molecule has 1 heterocycles.